The monoisotopic (exact) mass is 403 g/mol. The van der Waals surface area contributed by atoms with Crippen molar-refractivity contribution in [2.75, 3.05) is 0 Å². The third kappa shape index (κ3) is 3.28. The summed E-state index contributed by atoms with van der Waals surface area (Å²) in [5.74, 6) is 0.994. The Kier molecular flexibility index (Phi) is 4.53. The highest BCUT2D eigenvalue weighted by Gasteiger charge is 2.29. The van der Waals surface area contributed by atoms with Gasteiger partial charge in [-0.1, -0.05) is 0 Å². The summed E-state index contributed by atoms with van der Waals surface area (Å²) in [6.45, 7) is 4.27. The van der Waals surface area contributed by atoms with Crippen LogP contribution in [-0.4, -0.2) is 31.7 Å². The molecule has 146 valence electrons. The first-order valence-electron chi connectivity index (χ1n) is 9.84. The molecule has 1 unspecified atom stereocenters. The van der Waals surface area contributed by atoms with Crippen LogP contribution in [0.15, 0.2) is 35.3 Å². The lowest BCUT2D eigenvalue weighted by Gasteiger charge is -2.34. The van der Waals surface area contributed by atoms with Gasteiger partial charge in [0.15, 0.2) is 0 Å². The van der Waals surface area contributed by atoms with Gasteiger partial charge >= 0.3 is 0 Å². The second kappa shape index (κ2) is 7.21. The van der Waals surface area contributed by atoms with Gasteiger partial charge in [0.05, 0.1) is 52.3 Å². The first-order valence-corrected chi connectivity index (χ1v) is 10.8. The number of ether oxygens (including phenoxy) is 1. The van der Waals surface area contributed by atoms with Crippen LogP contribution >= 0.6 is 11.3 Å². The molecule has 3 aromatic heterocycles. The fourth-order valence-corrected chi connectivity index (χ4v) is 5.04. The van der Waals surface area contributed by atoms with Crippen LogP contribution in [0.1, 0.15) is 49.8 Å². The SMILES string of the molecule is C[C@@H]1CC(n2c(Cc3cscn3)nc3cnc4ccc(C#N)cc4c32)C[C@H](C)O1. The number of aromatic nitrogens is 4. The van der Waals surface area contributed by atoms with E-state index in [1.807, 2.05) is 29.9 Å². The third-order valence-electron chi connectivity index (χ3n) is 5.58. The fourth-order valence-electron chi connectivity index (χ4n) is 4.48. The van der Waals surface area contributed by atoms with Gasteiger partial charge in [-0.25, -0.2) is 9.97 Å². The van der Waals surface area contributed by atoms with E-state index < -0.39 is 0 Å². The quantitative estimate of drug-likeness (QED) is 0.498. The van der Waals surface area contributed by atoms with Gasteiger partial charge in [-0.05, 0) is 44.9 Å². The Bertz CT molecular complexity index is 1210. The zero-order chi connectivity index (χ0) is 20.0. The number of imidazole rings is 1. The van der Waals surface area contributed by atoms with Crippen molar-refractivity contribution in [2.24, 2.45) is 0 Å². The summed E-state index contributed by atoms with van der Waals surface area (Å²) in [4.78, 5) is 14.0. The molecule has 0 spiro atoms. The molecule has 0 bridgehead atoms. The summed E-state index contributed by atoms with van der Waals surface area (Å²) in [5, 5.41) is 12.5. The smallest absolute Gasteiger partial charge is 0.116 e. The number of nitrogens with zero attached hydrogens (tertiary/aromatic N) is 5. The first kappa shape index (κ1) is 18.2. The predicted molar refractivity (Wildman–Crippen MR) is 113 cm³/mol. The highest BCUT2D eigenvalue weighted by molar-refractivity contribution is 7.07. The summed E-state index contributed by atoms with van der Waals surface area (Å²) >= 11 is 1.60. The van der Waals surface area contributed by atoms with Crippen LogP contribution < -0.4 is 0 Å². The summed E-state index contributed by atoms with van der Waals surface area (Å²) in [7, 11) is 0. The van der Waals surface area contributed by atoms with E-state index in [4.69, 9.17) is 9.72 Å². The van der Waals surface area contributed by atoms with Crippen LogP contribution in [0.5, 0.6) is 0 Å². The highest BCUT2D eigenvalue weighted by Crippen LogP contribution is 2.36. The molecule has 6 nitrogen and oxygen atoms in total. The molecule has 1 saturated heterocycles. The van der Waals surface area contributed by atoms with Crippen LogP contribution in [-0.2, 0) is 11.2 Å². The molecule has 4 aromatic rings. The van der Waals surface area contributed by atoms with Crippen molar-refractivity contribution in [3.8, 4) is 6.07 Å². The molecular weight excluding hydrogens is 382 g/mol. The van der Waals surface area contributed by atoms with E-state index >= 15 is 0 Å². The second-order valence-corrected chi connectivity index (χ2v) is 8.49. The van der Waals surface area contributed by atoms with Gasteiger partial charge in [0.2, 0.25) is 0 Å². The van der Waals surface area contributed by atoms with Crippen LogP contribution in [0.4, 0.5) is 0 Å². The molecule has 1 fully saturated rings. The molecule has 29 heavy (non-hydrogen) atoms. The summed E-state index contributed by atoms with van der Waals surface area (Å²) in [5.41, 5.74) is 6.32. The number of hydrogen-bond acceptors (Lipinski definition) is 6. The Balaban J connectivity index is 1.77. The molecule has 0 radical (unpaired) electrons. The van der Waals surface area contributed by atoms with E-state index in [0.717, 1.165) is 46.3 Å². The number of hydrogen-bond donors (Lipinski definition) is 0. The number of fused-ring (bicyclic) bond motifs is 3. The van der Waals surface area contributed by atoms with E-state index in [2.05, 4.69) is 39.8 Å². The number of nitriles is 1. The Morgan fingerprint density at radius 1 is 1.21 bits per heavy atom. The Hall–Kier alpha value is -2.82. The maximum atomic E-state index is 9.42. The molecule has 0 saturated carbocycles. The van der Waals surface area contributed by atoms with E-state index in [-0.39, 0.29) is 18.2 Å². The highest BCUT2D eigenvalue weighted by atomic mass is 32.1. The molecular formula is C22H21N5OS. The molecule has 4 heterocycles. The first-order chi connectivity index (χ1) is 14.1. The molecule has 1 aliphatic heterocycles. The van der Waals surface area contributed by atoms with Gasteiger partial charge in [0, 0.05) is 23.2 Å². The summed E-state index contributed by atoms with van der Waals surface area (Å²) < 4.78 is 8.37. The average molecular weight is 404 g/mol. The van der Waals surface area contributed by atoms with Crippen LogP contribution in [0.3, 0.4) is 0 Å². The van der Waals surface area contributed by atoms with Gasteiger partial charge < -0.3 is 9.30 Å². The van der Waals surface area contributed by atoms with Crippen molar-refractivity contribution in [1.29, 1.82) is 5.26 Å². The molecule has 1 aliphatic rings. The van der Waals surface area contributed by atoms with Crippen LogP contribution in [0.25, 0.3) is 21.9 Å². The van der Waals surface area contributed by atoms with Crippen molar-refractivity contribution in [1.82, 2.24) is 19.5 Å². The number of rotatable bonds is 3. The van der Waals surface area contributed by atoms with Crippen molar-refractivity contribution >= 4 is 33.3 Å². The van der Waals surface area contributed by atoms with Gasteiger partial charge in [-0.15, -0.1) is 11.3 Å². The summed E-state index contributed by atoms with van der Waals surface area (Å²) in [6.07, 6.45) is 4.77. The largest absolute Gasteiger partial charge is 0.375 e. The lowest BCUT2D eigenvalue weighted by atomic mass is 9.98. The Labute approximate surface area is 172 Å². The van der Waals surface area contributed by atoms with Gasteiger partial charge in [0.25, 0.3) is 0 Å². The molecule has 0 aliphatic carbocycles. The fraction of sp³-hybridized carbons (Fsp3) is 0.364. The van der Waals surface area contributed by atoms with E-state index in [1.165, 1.54) is 0 Å². The van der Waals surface area contributed by atoms with E-state index in [9.17, 15) is 5.26 Å². The molecule has 0 amide bonds. The maximum Gasteiger partial charge on any atom is 0.116 e. The van der Waals surface area contributed by atoms with Gasteiger partial charge in [-0.3, -0.25) is 4.98 Å². The molecule has 5 rings (SSSR count). The molecule has 0 N–H and O–H groups in total. The Morgan fingerprint density at radius 3 is 2.76 bits per heavy atom. The van der Waals surface area contributed by atoms with Crippen LogP contribution in [0, 0.1) is 11.3 Å². The number of thiazole rings is 1. The van der Waals surface area contributed by atoms with Gasteiger partial charge in [0.1, 0.15) is 11.3 Å². The lowest BCUT2D eigenvalue weighted by Crippen LogP contribution is -2.31. The third-order valence-corrected chi connectivity index (χ3v) is 6.21. The van der Waals surface area contributed by atoms with Crippen molar-refractivity contribution in [3.63, 3.8) is 0 Å². The minimum Gasteiger partial charge on any atom is -0.375 e. The molecule has 3 atom stereocenters. The normalized spacial score (nSPS) is 22.2. The lowest BCUT2D eigenvalue weighted by molar-refractivity contribution is -0.0484. The van der Waals surface area contributed by atoms with Crippen molar-refractivity contribution in [3.05, 3.63) is 52.4 Å². The Morgan fingerprint density at radius 2 is 2.03 bits per heavy atom. The van der Waals surface area contributed by atoms with Crippen LogP contribution in [0.2, 0.25) is 0 Å². The molecule has 7 heteroatoms. The minimum atomic E-state index is 0.191. The summed E-state index contributed by atoms with van der Waals surface area (Å²) in [6, 6.07) is 8.20. The van der Waals surface area contributed by atoms with Crippen molar-refractivity contribution in [2.45, 2.75) is 51.4 Å². The standard InChI is InChI=1S/C22H21N5OS/c1-13-5-17(6-14(2)28-13)27-21(8-16-11-29-12-25-16)26-20-10-24-19-4-3-15(9-23)7-18(19)22(20)27/h3-4,7,10-14,17H,5-6,8H2,1-2H3/t13-,14+,17?. The topological polar surface area (TPSA) is 76.6 Å². The number of pyridine rings is 1. The maximum absolute atomic E-state index is 9.42. The molecule has 1 aromatic carbocycles. The zero-order valence-corrected chi connectivity index (χ0v) is 17.2. The minimum absolute atomic E-state index is 0.191. The second-order valence-electron chi connectivity index (χ2n) is 7.77. The zero-order valence-electron chi connectivity index (χ0n) is 16.4. The van der Waals surface area contributed by atoms with E-state index in [1.54, 1.807) is 11.3 Å². The number of benzene rings is 1. The predicted octanol–water partition coefficient (Wildman–Crippen LogP) is 4.63. The van der Waals surface area contributed by atoms with Crippen molar-refractivity contribution < 1.29 is 4.74 Å². The van der Waals surface area contributed by atoms with E-state index in [0.29, 0.717) is 12.0 Å². The van der Waals surface area contributed by atoms with Gasteiger partial charge in [-0.2, -0.15) is 5.26 Å². The average Bonchev–Trinajstić information content (AvgIpc) is 3.34.